The van der Waals surface area contributed by atoms with Crippen molar-refractivity contribution in [2.24, 2.45) is 45.3 Å². The quantitative estimate of drug-likeness (QED) is 0.156. The van der Waals surface area contributed by atoms with Gasteiger partial charge in [-0.25, -0.2) is 0 Å². The smallest absolute Gasteiger partial charge is 0.303 e. The number of fused-ring (bicyclic) bond motifs is 10. The molecule has 13 nitrogen and oxygen atoms in total. The molecule has 11 rings (SSSR count). The van der Waals surface area contributed by atoms with Crippen LogP contribution in [-0.4, -0.2) is 67.0 Å². The summed E-state index contributed by atoms with van der Waals surface area (Å²) < 4.78 is 41.1. The van der Waals surface area contributed by atoms with Crippen molar-refractivity contribution in [2.45, 2.75) is 189 Å². The molecule has 3 aromatic rings. The summed E-state index contributed by atoms with van der Waals surface area (Å²) in [5.74, 6) is 0.303. The second-order valence-electron chi connectivity index (χ2n) is 24.6. The third-order valence-electron chi connectivity index (χ3n) is 20.6. The van der Waals surface area contributed by atoms with Crippen LogP contribution in [0.4, 0.5) is 0 Å². The van der Waals surface area contributed by atoms with Crippen molar-refractivity contribution in [3.63, 3.8) is 0 Å². The Morgan fingerprint density at radius 2 is 1.23 bits per heavy atom. The van der Waals surface area contributed by atoms with E-state index >= 15 is 0 Å². The van der Waals surface area contributed by atoms with Crippen LogP contribution in [0.25, 0.3) is 0 Å². The molecule has 0 saturated heterocycles. The molecule has 4 heterocycles. The van der Waals surface area contributed by atoms with Gasteiger partial charge in [0.25, 0.3) is 0 Å². The molecule has 4 fully saturated rings. The number of phenolic OH excluding ortho intramolecular Hbond substituents is 4. The SMILES string of the molecule is CC(=O)O[C@@H]1[C@H](OC(C)=O)C[C@@]2(C)[C@@H](CC[C@@H](C)[C@]23Cc2c(O)c([C@@H]4OCc5cc(O)c6c(c54)O[C@]4(C6)[C@H](C)CC[C@H]5C(C)(C)[C@H](O)CC[C@@]54C)c4c(c2O3)[C@H](c2c(C)cc(O)cc2O)OC4)C1(C)C. The number of aliphatic hydroxyl groups is 1. The number of hydrogen-bond donors (Lipinski definition) is 5. The van der Waals surface area contributed by atoms with Crippen LogP contribution < -0.4 is 9.47 Å². The molecule has 4 saturated carbocycles. The first-order chi connectivity index (χ1) is 32.8. The topological polar surface area (TPSA) is 191 Å². The molecule has 4 aliphatic carbocycles. The van der Waals surface area contributed by atoms with Crippen LogP contribution in [0.3, 0.4) is 0 Å². The van der Waals surface area contributed by atoms with Gasteiger partial charge in [-0.2, -0.15) is 0 Å². The van der Waals surface area contributed by atoms with E-state index in [4.69, 9.17) is 28.4 Å². The van der Waals surface area contributed by atoms with E-state index in [1.165, 1.54) is 19.9 Å². The first kappa shape index (κ1) is 47.6. The highest BCUT2D eigenvalue weighted by atomic mass is 16.6. The highest BCUT2D eigenvalue weighted by Crippen LogP contribution is 2.71. The van der Waals surface area contributed by atoms with Gasteiger partial charge < -0.3 is 54.0 Å². The number of aryl methyl sites for hydroxylation is 1. The van der Waals surface area contributed by atoms with Crippen molar-refractivity contribution in [3.8, 4) is 34.5 Å². The number of carbonyl (C=O) groups excluding carboxylic acids is 2. The summed E-state index contributed by atoms with van der Waals surface area (Å²) in [5.41, 5.74) is 2.14. The lowest BCUT2D eigenvalue weighted by atomic mass is 9.43. The van der Waals surface area contributed by atoms with E-state index in [0.29, 0.717) is 70.6 Å². The molecule has 0 radical (unpaired) electrons. The first-order valence-corrected chi connectivity index (χ1v) is 25.8. The van der Waals surface area contributed by atoms with Crippen LogP contribution in [0.1, 0.15) is 176 Å². The second kappa shape index (κ2) is 15.4. The highest BCUT2D eigenvalue weighted by Gasteiger charge is 2.71. The maximum Gasteiger partial charge on any atom is 0.303 e. The Kier molecular flexibility index (Phi) is 10.5. The van der Waals surface area contributed by atoms with E-state index < -0.39 is 64.5 Å². The Labute approximate surface area is 411 Å². The van der Waals surface area contributed by atoms with Crippen LogP contribution in [0.15, 0.2) is 18.2 Å². The van der Waals surface area contributed by atoms with Crippen LogP contribution >= 0.6 is 0 Å². The number of carbonyl (C=O) groups is 2. The van der Waals surface area contributed by atoms with Crippen molar-refractivity contribution in [1.29, 1.82) is 0 Å². The number of aromatic hydroxyl groups is 4. The maximum atomic E-state index is 13.3. The molecule has 2 spiro atoms. The lowest BCUT2D eigenvalue weighted by Gasteiger charge is -2.65. The number of ether oxygens (including phenoxy) is 6. The van der Waals surface area contributed by atoms with Gasteiger partial charge in [-0.3, -0.25) is 9.59 Å². The molecular weight excluding hydrogens is 893 g/mol. The van der Waals surface area contributed by atoms with Gasteiger partial charge in [0.1, 0.15) is 70.1 Å². The third-order valence-corrected chi connectivity index (χ3v) is 20.6. The fourth-order valence-electron chi connectivity index (χ4n) is 17.2. The lowest BCUT2D eigenvalue weighted by Crippen LogP contribution is -2.70. The Hall–Kier alpha value is -4.72. The number of aliphatic hydroxyl groups excluding tert-OH is 1. The summed E-state index contributed by atoms with van der Waals surface area (Å²) in [6.45, 7) is 22.3. The van der Waals surface area contributed by atoms with E-state index in [2.05, 4.69) is 55.4 Å². The predicted molar refractivity (Wildman–Crippen MR) is 257 cm³/mol. The van der Waals surface area contributed by atoms with Gasteiger partial charge in [0.05, 0.1) is 19.3 Å². The zero-order chi connectivity index (χ0) is 50.2. The Morgan fingerprint density at radius 1 is 0.643 bits per heavy atom. The Bertz CT molecular complexity index is 2720. The van der Waals surface area contributed by atoms with Gasteiger partial charge in [0.2, 0.25) is 0 Å². The maximum absolute atomic E-state index is 13.3. The summed E-state index contributed by atoms with van der Waals surface area (Å²) in [4.78, 5) is 25.5. The van der Waals surface area contributed by atoms with Gasteiger partial charge in [-0.15, -0.1) is 0 Å². The van der Waals surface area contributed by atoms with Crippen LogP contribution in [-0.2, 0) is 54.6 Å². The number of hydrogen-bond acceptors (Lipinski definition) is 13. The lowest BCUT2D eigenvalue weighted by molar-refractivity contribution is -0.251. The number of benzene rings is 3. The average Bonchev–Trinajstić information content (AvgIpc) is 4.07. The minimum absolute atomic E-state index is 0.0253. The zero-order valence-electron chi connectivity index (χ0n) is 42.7. The van der Waals surface area contributed by atoms with E-state index in [1.807, 2.05) is 6.92 Å². The summed E-state index contributed by atoms with van der Waals surface area (Å²) in [6, 6.07) is 4.71. The molecule has 378 valence electrons. The Balaban J connectivity index is 1.09. The summed E-state index contributed by atoms with van der Waals surface area (Å²) in [5, 5.41) is 58.8. The van der Waals surface area contributed by atoms with Crippen molar-refractivity contribution < 1.29 is 63.5 Å². The van der Waals surface area contributed by atoms with Crippen LogP contribution in [0.5, 0.6) is 34.5 Å². The molecule has 8 aliphatic rings. The van der Waals surface area contributed by atoms with Crippen LogP contribution in [0, 0.1) is 52.3 Å². The molecule has 13 heteroatoms. The molecule has 0 aromatic heterocycles. The monoisotopic (exact) mass is 964 g/mol. The van der Waals surface area contributed by atoms with E-state index in [9.17, 15) is 35.1 Å². The molecule has 0 amide bonds. The van der Waals surface area contributed by atoms with Crippen molar-refractivity contribution in [2.75, 3.05) is 0 Å². The fourth-order valence-corrected chi connectivity index (χ4v) is 17.2. The Morgan fingerprint density at radius 3 is 1.87 bits per heavy atom. The zero-order valence-corrected chi connectivity index (χ0v) is 42.7. The predicted octanol–water partition coefficient (Wildman–Crippen LogP) is 9.98. The van der Waals surface area contributed by atoms with Crippen molar-refractivity contribution in [3.05, 3.63) is 68.3 Å². The standard InChI is InChI=1S/C57H72O13/c1-26-18-32(60)20-37(62)42(26)49-45-35(25-66-49)44(46(64)34-22-57(70-48(34)45)28(3)13-15-40-53(8,9)51(68-30(5)59)38(67-29(4)58)23-55(40,57)11)50-43-31(24-65-50)19-36(61)33-21-56(69-47(33)43)27(2)12-14-39-52(6,7)41(63)16-17-54(39,56)10/h18-20,27-28,38-41,49-51,60-64H,12-17,21-25H2,1-11H3/t27-,28-,38-,39+,40+,41-,49+,50-,51-,54+,55+,56-,57-/m1/s1. The summed E-state index contributed by atoms with van der Waals surface area (Å²) >= 11 is 0. The molecule has 0 unspecified atom stereocenters. The first-order valence-electron chi connectivity index (χ1n) is 25.8. The number of esters is 2. The largest absolute Gasteiger partial charge is 0.508 e. The minimum atomic E-state index is -0.959. The van der Waals surface area contributed by atoms with E-state index in [1.54, 1.807) is 12.1 Å². The molecule has 5 N–H and O–H groups in total. The molecule has 13 atom stereocenters. The average molecular weight is 965 g/mol. The van der Waals surface area contributed by atoms with Gasteiger partial charge in [0, 0.05) is 82.4 Å². The van der Waals surface area contributed by atoms with Crippen molar-refractivity contribution >= 4 is 11.9 Å². The summed E-state index contributed by atoms with van der Waals surface area (Å²) in [6.07, 6.45) is 2.46. The van der Waals surface area contributed by atoms with Gasteiger partial charge in [-0.05, 0) is 110 Å². The van der Waals surface area contributed by atoms with Crippen molar-refractivity contribution in [1.82, 2.24) is 0 Å². The number of phenols is 4. The van der Waals surface area contributed by atoms with E-state index in [0.717, 1.165) is 48.8 Å². The van der Waals surface area contributed by atoms with Gasteiger partial charge in [-0.1, -0.05) is 55.4 Å². The molecule has 4 aliphatic heterocycles. The highest BCUT2D eigenvalue weighted by molar-refractivity contribution is 5.70. The van der Waals surface area contributed by atoms with Gasteiger partial charge in [0.15, 0.2) is 0 Å². The minimum Gasteiger partial charge on any atom is -0.508 e. The van der Waals surface area contributed by atoms with Gasteiger partial charge >= 0.3 is 11.9 Å². The molecule has 0 bridgehead atoms. The normalized spacial score (nSPS) is 38.1. The second-order valence-corrected chi connectivity index (χ2v) is 24.6. The summed E-state index contributed by atoms with van der Waals surface area (Å²) in [7, 11) is 0. The fraction of sp³-hybridized carbons (Fsp3) is 0.649. The van der Waals surface area contributed by atoms with E-state index in [-0.39, 0.29) is 70.7 Å². The number of rotatable bonds is 4. The third kappa shape index (κ3) is 6.12. The molecule has 70 heavy (non-hydrogen) atoms. The molecular formula is C57H72O13. The van der Waals surface area contributed by atoms with Crippen LogP contribution in [0.2, 0.25) is 0 Å². The molecule has 3 aromatic carbocycles.